The molecule has 1 aliphatic rings. The predicted octanol–water partition coefficient (Wildman–Crippen LogP) is 3.27. The Bertz CT molecular complexity index is 1110. The summed E-state index contributed by atoms with van der Waals surface area (Å²) in [6.07, 6.45) is 0.175. The van der Waals surface area contributed by atoms with Gasteiger partial charge in [-0.25, -0.2) is 4.79 Å². The van der Waals surface area contributed by atoms with Gasteiger partial charge in [0.25, 0.3) is 0 Å². The molecule has 0 saturated carbocycles. The van der Waals surface area contributed by atoms with Crippen LogP contribution in [-0.4, -0.2) is 41.4 Å². The number of nitrogens with one attached hydrogen (secondary N) is 2. The molecular weight excluding hydrogens is 374 g/mol. The summed E-state index contributed by atoms with van der Waals surface area (Å²) in [4.78, 5) is 23.9. The van der Waals surface area contributed by atoms with Gasteiger partial charge in [-0.2, -0.15) is 5.10 Å². The van der Waals surface area contributed by atoms with Crippen molar-refractivity contribution in [2.45, 2.75) is 12.3 Å². The largest absolute Gasteiger partial charge is 0.497 e. The third-order valence-electron chi connectivity index (χ3n) is 5.01. The van der Waals surface area contributed by atoms with Crippen molar-refractivity contribution in [3.8, 4) is 22.8 Å². The monoisotopic (exact) mass is 393 g/mol. The Hall–Kier alpha value is -3.81. The molecule has 8 nitrogen and oxygen atoms in total. The van der Waals surface area contributed by atoms with Gasteiger partial charge >= 0.3 is 5.97 Å². The highest BCUT2D eigenvalue weighted by molar-refractivity contribution is 5.96. The number of hydrogen-bond acceptors (Lipinski definition) is 5. The number of amides is 1. The minimum absolute atomic E-state index is 0.0453. The first-order valence-electron chi connectivity index (χ1n) is 8.95. The quantitative estimate of drug-likeness (QED) is 0.613. The van der Waals surface area contributed by atoms with E-state index in [4.69, 9.17) is 9.47 Å². The number of benzene rings is 2. The molecule has 3 N–H and O–H groups in total. The number of ether oxygens (including phenoxy) is 2. The maximum Gasteiger partial charge on any atom is 0.339 e. The molecule has 1 atom stereocenters. The Morgan fingerprint density at radius 3 is 2.72 bits per heavy atom. The zero-order valence-electron chi connectivity index (χ0n) is 15.9. The molecule has 1 amide bonds. The first kappa shape index (κ1) is 18.5. The first-order chi connectivity index (χ1) is 14.0. The summed E-state index contributed by atoms with van der Waals surface area (Å²) in [5, 5.41) is 19.6. The minimum Gasteiger partial charge on any atom is -0.497 e. The van der Waals surface area contributed by atoms with Gasteiger partial charge in [0, 0.05) is 23.5 Å². The number of aromatic amines is 1. The van der Waals surface area contributed by atoms with E-state index in [1.165, 1.54) is 7.11 Å². The molecule has 0 spiro atoms. The van der Waals surface area contributed by atoms with E-state index in [1.807, 2.05) is 24.3 Å². The lowest BCUT2D eigenvalue weighted by molar-refractivity contribution is -0.116. The summed E-state index contributed by atoms with van der Waals surface area (Å²) in [5.74, 6) is -0.232. The van der Waals surface area contributed by atoms with Crippen LogP contribution in [0.2, 0.25) is 0 Å². The number of methoxy groups -OCH3 is 2. The van der Waals surface area contributed by atoms with Gasteiger partial charge in [0.2, 0.25) is 5.91 Å². The van der Waals surface area contributed by atoms with Gasteiger partial charge in [-0.05, 0) is 29.8 Å². The van der Waals surface area contributed by atoms with Crippen LogP contribution in [0.5, 0.6) is 11.5 Å². The summed E-state index contributed by atoms with van der Waals surface area (Å²) in [6.45, 7) is 0. The maximum atomic E-state index is 12.3. The van der Waals surface area contributed by atoms with Crippen molar-refractivity contribution in [1.29, 1.82) is 0 Å². The molecule has 8 heteroatoms. The molecule has 0 bridgehead atoms. The topological polar surface area (TPSA) is 114 Å². The molecule has 2 aromatic carbocycles. The van der Waals surface area contributed by atoms with Crippen molar-refractivity contribution in [2.24, 2.45) is 0 Å². The highest BCUT2D eigenvalue weighted by atomic mass is 16.5. The van der Waals surface area contributed by atoms with Crippen LogP contribution in [0.1, 0.15) is 33.8 Å². The van der Waals surface area contributed by atoms with E-state index in [0.29, 0.717) is 17.1 Å². The highest BCUT2D eigenvalue weighted by Gasteiger charge is 2.32. The number of hydrogen-bond donors (Lipinski definition) is 3. The fourth-order valence-corrected chi connectivity index (χ4v) is 3.65. The molecule has 1 aliphatic heterocycles. The summed E-state index contributed by atoms with van der Waals surface area (Å²) >= 11 is 0. The number of carboxylic acid groups (broad SMARTS) is 1. The van der Waals surface area contributed by atoms with Crippen LogP contribution in [0.4, 0.5) is 5.82 Å². The minimum atomic E-state index is -1.09. The lowest BCUT2D eigenvalue weighted by atomic mass is 9.83. The van der Waals surface area contributed by atoms with Crippen LogP contribution in [0.25, 0.3) is 11.3 Å². The number of H-pyrrole nitrogens is 1. The van der Waals surface area contributed by atoms with E-state index in [1.54, 1.807) is 25.3 Å². The number of rotatable bonds is 5. The summed E-state index contributed by atoms with van der Waals surface area (Å²) < 4.78 is 10.5. The number of aromatic nitrogens is 2. The van der Waals surface area contributed by atoms with Crippen molar-refractivity contribution in [2.75, 3.05) is 19.5 Å². The Balaban J connectivity index is 1.86. The van der Waals surface area contributed by atoms with Crippen LogP contribution in [0, 0.1) is 0 Å². The van der Waals surface area contributed by atoms with Crippen LogP contribution in [-0.2, 0) is 4.79 Å². The zero-order chi connectivity index (χ0) is 20.5. The third kappa shape index (κ3) is 3.29. The van der Waals surface area contributed by atoms with E-state index >= 15 is 0 Å². The molecule has 2 heterocycles. The first-order valence-corrected chi connectivity index (χ1v) is 8.95. The van der Waals surface area contributed by atoms with Crippen molar-refractivity contribution in [3.63, 3.8) is 0 Å². The summed E-state index contributed by atoms with van der Waals surface area (Å²) in [5.41, 5.74) is 3.15. The number of carbonyl (C=O) groups excluding carboxylic acids is 1. The number of nitrogens with zero attached hydrogens (tertiary/aromatic N) is 1. The van der Waals surface area contributed by atoms with Gasteiger partial charge in [-0.3, -0.25) is 9.89 Å². The molecule has 0 radical (unpaired) electrons. The van der Waals surface area contributed by atoms with Gasteiger partial charge in [0.15, 0.2) is 5.82 Å². The second kappa shape index (κ2) is 7.31. The Morgan fingerprint density at radius 1 is 1.17 bits per heavy atom. The van der Waals surface area contributed by atoms with Crippen LogP contribution < -0.4 is 14.8 Å². The van der Waals surface area contributed by atoms with E-state index in [2.05, 4.69) is 15.5 Å². The fraction of sp³-hybridized carbons (Fsp3) is 0.190. The number of carboxylic acids is 1. The van der Waals surface area contributed by atoms with Crippen molar-refractivity contribution in [3.05, 3.63) is 59.2 Å². The van der Waals surface area contributed by atoms with Crippen LogP contribution in [0.15, 0.2) is 42.5 Å². The lowest BCUT2D eigenvalue weighted by Crippen LogP contribution is -2.23. The molecule has 3 aromatic rings. The molecule has 0 fully saturated rings. The number of aromatic carboxylic acids is 1. The van der Waals surface area contributed by atoms with Gasteiger partial charge in [0.05, 0.1) is 19.9 Å². The Morgan fingerprint density at radius 2 is 2.00 bits per heavy atom. The number of anilines is 1. The third-order valence-corrected chi connectivity index (χ3v) is 5.01. The molecule has 1 unspecified atom stereocenters. The SMILES string of the molecule is COc1cccc(-c2[nH]nc3c2C(c2ccc(OC)c(C(=O)O)c2)CC(=O)N3)c1. The Kier molecular flexibility index (Phi) is 4.67. The van der Waals surface area contributed by atoms with Crippen LogP contribution in [0.3, 0.4) is 0 Å². The normalized spacial score (nSPS) is 15.4. The van der Waals surface area contributed by atoms with Gasteiger partial charge < -0.3 is 19.9 Å². The van der Waals surface area contributed by atoms with Gasteiger partial charge in [-0.1, -0.05) is 18.2 Å². The molecule has 148 valence electrons. The Labute approximate surface area is 166 Å². The highest BCUT2D eigenvalue weighted by Crippen LogP contribution is 2.42. The van der Waals surface area contributed by atoms with E-state index < -0.39 is 5.97 Å². The molecular formula is C21H19N3O5. The average molecular weight is 393 g/mol. The second-order valence-electron chi connectivity index (χ2n) is 6.66. The van der Waals surface area contributed by atoms with E-state index in [0.717, 1.165) is 16.8 Å². The molecule has 0 aliphatic carbocycles. The molecule has 29 heavy (non-hydrogen) atoms. The maximum absolute atomic E-state index is 12.3. The van der Waals surface area contributed by atoms with Gasteiger partial charge in [0.1, 0.15) is 17.1 Å². The van der Waals surface area contributed by atoms with Crippen molar-refractivity contribution in [1.82, 2.24) is 10.2 Å². The standard InChI is InChI=1S/C21H19N3O5/c1-28-13-5-3-4-12(8-13)19-18-14(10-17(25)22-20(18)24-23-19)11-6-7-16(29-2)15(9-11)21(26)27/h3-9,14H,10H2,1-2H3,(H,26,27)(H2,22,23,24,25). The summed E-state index contributed by atoms with van der Waals surface area (Å²) in [6, 6.07) is 12.4. The predicted molar refractivity (Wildman–Crippen MR) is 106 cm³/mol. The average Bonchev–Trinajstić information content (AvgIpc) is 3.16. The number of fused-ring (bicyclic) bond motifs is 1. The smallest absolute Gasteiger partial charge is 0.339 e. The molecule has 0 saturated heterocycles. The van der Waals surface area contributed by atoms with Crippen LogP contribution >= 0.6 is 0 Å². The summed E-state index contributed by atoms with van der Waals surface area (Å²) in [7, 11) is 3.01. The van der Waals surface area contributed by atoms with E-state index in [9.17, 15) is 14.7 Å². The molecule has 1 aromatic heterocycles. The van der Waals surface area contributed by atoms with Crippen molar-refractivity contribution < 1.29 is 24.2 Å². The molecule has 4 rings (SSSR count). The zero-order valence-corrected chi connectivity index (χ0v) is 15.9. The second-order valence-corrected chi connectivity index (χ2v) is 6.66. The number of carbonyl (C=O) groups is 2. The fourth-order valence-electron chi connectivity index (χ4n) is 3.65. The van der Waals surface area contributed by atoms with Gasteiger partial charge in [-0.15, -0.1) is 0 Å². The lowest BCUT2D eigenvalue weighted by Gasteiger charge is -2.24. The van der Waals surface area contributed by atoms with E-state index in [-0.39, 0.29) is 29.6 Å². The van der Waals surface area contributed by atoms with Crippen molar-refractivity contribution >= 4 is 17.7 Å².